The molecule has 106 valence electrons. The number of rotatable bonds is 4. The van der Waals surface area contributed by atoms with Crippen LogP contribution < -0.4 is 5.73 Å². The Hall–Kier alpha value is -1.04. The zero-order chi connectivity index (χ0) is 13.8. The number of nitrogens with zero attached hydrogens (tertiary/aromatic N) is 1. The summed E-state index contributed by atoms with van der Waals surface area (Å²) < 4.78 is 33.0. The second kappa shape index (κ2) is 6.41. The Morgan fingerprint density at radius 1 is 1.32 bits per heavy atom. The molecule has 1 aromatic carbocycles. The lowest BCUT2D eigenvalue weighted by Crippen LogP contribution is -2.42. The average Bonchev–Trinajstić information content (AvgIpc) is 2.43. The van der Waals surface area contributed by atoms with Crippen molar-refractivity contribution in [3.63, 3.8) is 0 Å². The summed E-state index contributed by atoms with van der Waals surface area (Å²) in [6.45, 7) is 1.56. The summed E-state index contributed by atoms with van der Waals surface area (Å²) in [7, 11) is 1.87. The highest BCUT2D eigenvalue weighted by Gasteiger charge is 2.28. The molecule has 1 aliphatic rings. The molecule has 1 heterocycles. The first-order valence-electron chi connectivity index (χ1n) is 6.58. The number of hydrogen-bond acceptors (Lipinski definition) is 3. The summed E-state index contributed by atoms with van der Waals surface area (Å²) in [5, 5.41) is 0. The van der Waals surface area contributed by atoms with Crippen LogP contribution in [0.15, 0.2) is 18.2 Å². The van der Waals surface area contributed by atoms with Crippen LogP contribution in [0.1, 0.15) is 24.4 Å². The van der Waals surface area contributed by atoms with Crippen molar-refractivity contribution in [1.82, 2.24) is 4.90 Å². The topological polar surface area (TPSA) is 38.5 Å². The van der Waals surface area contributed by atoms with Crippen molar-refractivity contribution in [3.05, 3.63) is 35.4 Å². The van der Waals surface area contributed by atoms with Gasteiger partial charge in [0.05, 0.1) is 6.04 Å². The van der Waals surface area contributed by atoms with E-state index >= 15 is 0 Å². The van der Waals surface area contributed by atoms with E-state index in [9.17, 15) is 8.78 Å². The maximum absolute atomic E-state index is 13.9. The van der Waals surface area contributed by atoms with Crippen molar-refractivity contribution in [2.24, 2.45) is 5.73 Å². The van der Waals surface area contributed by atoms with Gasteiger partial charge >= 0.3 is 0 Å². The fourth-order valence-electron chi connectivity index (χ4n) is 2.66. The van der Waals surface area contributed by atoms with Gasteiger partial charge in [-0.1, -0.05) is 6.07 Å². The molecule has 2 rings (SSSR count). The molecule has 2 N–H and O–H groups in total. The molecule has 1 aromatic rings. The molecule has 19 heavy (non-hydrogen) atoms. The van der Waals surface area contributed by atoms with E-state index in [2.05, 4.69) is 0 Å². The first kappa shape index (κ1) is 14.4. The molecule has 1 atom stereocenters. The van der Waals surface area contributed by atoms with Gasteiger partial charge in [-0.25, -0.2) is 8.78 Å². The summed E-state index contributed by atoms with van der Waals surface area (Å²) in [6.07, 6.45) is 1.73. The Bertz CT molecular complexity index is 402. The summed E-state index contributed by atoms with van der Waals surface area (Å²) in [5.74, 6) is -1.07. The highest BCUT2D eigenvalue weighted by molar-refractivity contribution is 5.24. The Labute approximate surface area is 112 Å². The minimum Gasteiger partial charge on any atom is -0.381 e. The van der Waals surface area contributed by atoms with Crippen LogP contribution >= 0.6 is 0 Å². The zero-order valence-electron chi connectivity index (χ0n) is 11.1. The molecule has 3 nitrogen and oxygen atoms in total. The second-order valence-corrected chi connectivity index (χ2v) is 4.90. The van der Waals surface area contributed by atoms with E-state index in [0.717, 1.165) is 12.8 Å². The molecule has 0 amide bonds. The van der Waals surface area contributed by atoms with Crippen molar-refractivity contribution in [2.75, 3.05) is 26.8 Å². The van der Waals surface area contributed by atoms with Gasteiger partial charge in [0.15, 0.2) is 0 Å². The van der Waals surface area contributed by atoms with E-state index in [1.807, 2.05) is 11.9 Å². The van der Waals surface area contributed by atoms with Gasteiger partial charge in [0.25, 0.3) is 0 Å². The van der Waals surface area contributed by atoms with Gasteiger partial charge in [-0.3, -0.25) is 4.90 Å². The van der Waals surface area contributed by atoms with Crippen LogP contribution in [-0.4, -0.2) is 37.7 Å². The van der Waals surface area contributed by atoms with Crippen LogP contribution in [-0.2, 0) is 4.74 Å². The molecule has 0 aromatic heterocycles. The monoisotopic (exact) mass is 270 g/mol. The van der Waals surface area contributed by atoms with E-state index < -0.39 is 17.7 Å². The fourth-order valence-corrected chi connectivity index (χ4v) is 2.66. The average molecular weight is 270 g/mol. The smallest absolute Gasteiger partial charge is 0.130 e. The van der Waals surface area contributed by atoms with E-state index in [1.165, 1.54) is 18.2 Å². The Morgan fingerprint density at radius 3 is 2.42 bits per heavy atom. The number of ether oxygens (including phenoxy) is 1. The molecule has 1 saturated heterocycles. The molecule has 0 bridgehead atoms. The quantitative estimate of drug-likeness (QED) is 0.910. The minimum atomic E-state index is -0.533. The Morgan fingerprint density at radius 2 is 1.89 bits per heavy atom. The normalized spacial score (nSPS) is 18.8. The van der Waals surface area contributed by atoms with Crippen LogP contribution in [0.4, 0.5) is 8.78 Å². The molecule has 0 spiro atoms. The lowest BCUT2D eigenvalue weighted by Gasteiger charge is -2.37. The molecule has 0 radical (unpaired) electrons. The van der Waals surface area contributed by atoms with Gasteiger partial charge in [0.2, 0.25) is 0 Å². The first-order valence-corrected chi connectivity index (χ1v) is 6.58. The van der Waals surface area contributed by atoms with Crippen molar-refractivity contribution < 1.29 is 13.5 Å². The highest BCUT2D eigenvalue weighted by Crippen LogP contribution is 2.28. The summed E-state index contributed by atoms with van der Waals surface area (Å²) >= 11 is 0. The van der Waals surface area contributed by atoms with Crippen LogP contribution in [0.2, 0.25) is 0 Å². The van der Waals surface area contributed by atoms with Crippen molar-refractivity contribution in [3.8, 4) is 0 Å². The second-order valence-electron chi connectivity index (χ2n) is 4.90. The maximum atomic E-state index is 13.9. The van der Waals surface area contributed by atoms with Gasteiger partial charge in [0.1, 0.15) is 11.6 Å². The molecule has 1 unspecified atom stereocenters. The maximum Gasteiger partial charge on any atom is 0.130 e. The van der Waals surface area contributed by atoms with Crippen LogP contribution in [0.5, 0.6) is 0 Å². The van der Waals surface area contributed by atoms with E-state index in [-0.39, 0.29) is 18.2 Å². The van der Waals surface area contributed by atoms with Crippen LogP contribution in [0.25, 0.3) is 0 Å². The molecule has 5 heteroatoms. The standard InChI is InChI=1S/C14H20F2N2O/c1-18(10-5-7-19-8-6-10)13(9-17)14-11(15)3-2-4-12(14)16/h2-4,10,13H,5-9,17H2,1H3. The Kier molecular flexibility index (Phi) is 4.85. The van der Waals surface area contributed by atoms with E-state index in [4.69, 9.17) is 10.5 Å². The molecular formula is C14H20F2N2O. The SMILES string of the molecule is CN(C1CCOCC1)C(CN)c1c(F)cccc1F. The zero-order valence-corrected chi connectivity index (χ0v) is 11.1. The lowest BCUT2D eigenvalue weighted by atomic mass is 9.99. The van der Waals surface area contributed by atoms with Crippen LogP contribution in [0.3, 0.4) is 0 Å². The summed E-state index contributed by atoms with van der Waals surface area (Å²) in [6, 6.07) is 3.74. The number of benzene rings is 1. The van der Waals surface area contributed by atoms with E-state index in [0.29, 0.717) is 13.2 Å². The van der Waals surface area contributed by atoms with Gasteiger partial charge in [0, 0.05) is 31.4 Å². The molecule has 0 saturated carbocycles. The highest BCUT2D eigenvalue weighted by atomic mass is 19.1. The lowest BCUT2D eigenvalue weighted by molar-refractivity contribution is 0.0283. The molecule has 0 aliphatic carbocycles. The third-order valence-corrected chi connectivity index (χ3v) is 3.81. The van der Waals surface area contributed by atoms with Gasteiger partial charge in [-0.05, 0) is 32.0 Å². The molecular weight excluding hydrogens is 250 g/mol. The summed E-state index contributed by atoms with van der Waals surface area (Å²) in [4.78, 5) is 1.98. The number of halogens is 2. The van der Waals surface area contributed by atoms with Crippen molar-refractivity contribution in [1.29, 1.82) is 0 Å². The predicted octanol–water partition coefficient (Wildman–Crippen LogP) is 2.08. The van der Waals surface area contributed by atoms with Crippen LogP contribution in [0, 0.1) is 11.6 Å². The fraction of sp³-hybridized carbons (Fsp3) is 0.571. The minimum absolute atomic E-state index is 0.0685. The predicted molar refractivity (Wildman–Crippen MR) is 69.8 cm³/mol. The number of nitrogens with two attached hydrogens (primary N) is 1. The van der Waals surface area contributed by atoms with E-state index in [1.54, 1.807) is 0 Å². The third-order valence-electron chi connectivity index (χ3n) is 3.81. The van der Waals surface area contributed by atoms with Gasteiger partial charge < -0.3 is 10.5 Å². The van der Waals surface area contributed by atoms with Gasteiger partial charge in [-0.15, -0.1) is 0 Å². The third kappa shape index (κ3) is 3.11. The van der Waals surface area contributed by atoms with Crippen molar-refractivity contribution >= 4 is 0 Å². The summed E-state index contributed by atoms with van der Waals surface area (Å²) in [5.41, 5.74) is 5.81. The van der Waals surface area contributed by atoms with Crippen molar-refractivity contribution in [2.45, 2.75) is 24.9 Å². The van der Waals surface area contributed by atoms with Gasteiger partial charge in [-0.2, -0.15) is 0 Å². The molecule has 1 aliphatic heterocycles. The Balaban J connectivity index is 2.23. The number of likely N-dealkylation sites (N-methyl/N-ethyl adjacent to an activating group) is 1. The molecule has 1 fully saturated rings. The first-order chi connectivity index (χ1) is 9.15. The number of hydrogen-bond donors (Lipinski definition) is 1. The largest absolute Gasteiger partial charge is 0.381 e.